The molecule has 0 heterocycles. The average Bonchev–Trinajstić information content (AvgIpc) is 2.55. The molecule has 0 atom stereocenters. The average molecular weight is 451 g/mol. The summed E-state index contributed by atoms with van der Waals surface area (Å²) in [6.07, 6.45) is 3.34. The molecular formula is C17H27FIN3O2. The minimum Gasteiger partial charge on any atom is -0.494 e. The number of halogens is 2. The zero-order valence-electron chi connectivity index (χ0n) is 14.2. The summed E-state index contributed by atoms with van der Waals surface area (Å²) >= 11 is 0. The SMILES string of the molecule is CCNC(=NCc1ccc(OC)c(F)c1)NC1CCC(O)CC1.I. The molecular weight excluding hydrogens is 424 g/mol. The molecule has 5 nitrogen and oxygen atoms in total. The molecule has 0 aromatic heterocycles. The van der Waals surface area contributed by atoms with Crippen molar-refractivity contribution in [3.63, 3.8) is 0 Å². The third-order valence-electron chi connectivity index (χ3n) is 4.02. The van der Waals surface area contributed by atoms with Crippen LogP contribution in [0.15, 0.2) is 23.2 Å². The van der Waals surface area contributed by atoms with Crippen LogP contribution in [-0.2, 0) is 6.54 Å². The van der Waals surface area contributed by atoms with Gasteiger partial charge >= 0.3 is 0 Å². The summed E-state index contributed by atoms with van der Waals surface area (Å²) in [4.78, 5) is 4.52. The zero-order valence-corrected chi connectivity index (χ0v) is 16.5. The van der Waals surface area contributed by atoms with Gasteiger partial charge in [0, 0.05) is 12.6 Å². The van der Waals surface area contributed by atoms with Crippen LogP contribution in [-0.4, -0.2) is 36.9 Å². The fourth-order valence-corrected chi connectivity index (χ4v) is 2.71. The fourth-order valence-electron chi connectivity index (χ4n) is 2.71. The Morgan fingerprint density at radius 2 is 2.04 bits per heavy atom. The Bertz CT molecular complexity index is 535. The van der Waals surface area contributed by atoms with E-state index in [0.717, 1.165) is 43.8 Å². The van der Waals surface area contributed by atoms with E-state index in [9.17, 15) is 9.50 Å². The van der Waals surface area contributed by atoms with Gasteiger partial charge in [-0.3, -0.25) is 0 Å². The minimum absolute atomic E-state index is 0. The van der Waals surface area contributed by atoms with Crippen molar-refractivity contribution >= 4 is 29.9 Å². The minimum atomic E-state index is -0.376. The largest absolute Gasteiger partial charge is 0.494 e. The molecule has 1 aliphatic carbocycles. The summed E-state index contributed by atoms with van der Waals surface area (Å²) in [6.45, 7) is 3.17. The number of hydrogen-bond donors (Lipinski definition) is 3. The molecule has 2 rings (SSSR count). The van der Waals surface area contributed by atoms with Crippen molar-refractivity contribution in [1.29, 1.82) is 0 Å². The molecule has 0 bridgehead atoms. The van der Waals surface area contributed by atoms with Crippen molar-refractivity contribution in [3.8, 4) is 5.75 Å². The van der Waals surface area contributed by atoms with Crippen LogP contribution in [0.25, 0.3) is 0 Å². The van der Waals surface area contributed by atoms with Gasteiger partial charge in [-0.15, -0.1) is 24.0 Å². The maximum atomic E-state index is 13.7. The summed E-state index contributed by atoms with van der Waals surface area (Å²) in [5, 5.41) is 16.2. The van der Waals surface area contributed by atoms with Crippen LogP contribution in [0.2, 0.25) is 0 Å². The first-order valence-corrected chi connectivity index (χ1v) is 8.17. The molecule has 0 aliphatic heterocycles. The van der Waals surface area contributed by atoms with E-state index in [1.807, 2.05) is 13.0 Å². The molecule has 3 N–H and O–H groups in total. The summed E-state index contributed by atoms with van der Waals surface area (Å²) in [7, 11) is 1.45. The van der Waals surface area contributed by atoms with Crippen LogP contribution >= 0.6 is 24.0 Å². The lowest BCUT2D eigenvalue weighted by molar-refractivity contribution is 0.120. The summed E-state index contributed by atoms with van der Waals surface area (Å²) < 4.78 is 18.6. The van der Waals surface area contributed by atoms with E-state index >= 15 is 0 Å². The number of aliphatic hydroxyl groups is 1. The maximum absolute atomic E-state index is 13.7. The van der Waals surface area contributed by atoms with Gasteiger partial charge in [0.15, 0.2) is 17.5 Å². The lowest BCUT2D eigenvalue weighted by atomic mass is 9.93. The molecule has 1 saturated carbocycles. The van der Waals surface area contributed by atoms with Gasteiger partial charge < -0.3 is 20.5 Å². The van der Waals surface area contributed by atoms with Gasteiger partial charge in [0.2, 0.25) is 0 Å². The number of ether oxygens (including phenoxy) is 1. The van der Waals surface area contributed by atoms with Gasteiger partial charge in [0.25, 0.3) is 0 Å². The highest BCUT2D eigenvalue weighted by molar-refractivity contribution is 14.0. The third kappa shape index (κ3) is 6.43. The van der Waals surface area contributed by atoms with Crippen LogP contribution in [0.3, 0.4) is 0 Å². The predicted molar refractivity (Wildman–Crippen MR) is 105 cm³/mol. The van der Waals surface area contributed by atoms with Crippen molar-refractivity contribution in [3.05, 3.63) is 29.6 Å². The van der Waals surface area contributed by atoms with Gasteiger partial charge in [-0.2, -0.15) is 0 Å². The second-order valence-corrected chi connectivity index (χ2v) is 5.81. The molecule has 1 aliphatic rings. The third-order valence-corrected chi connectivity index (χ3v) is 4.02. The van der Waals surface area contributed by atoms with Crippen molar-refractivity contribution < 1.29 is 14.2 Å². The van der Waals surface area contributed by atoms with Crippen molar-refractivity contribution in [2.24, 2.45) is 4.99 Å². The molecule has 1 aromatic carbocycles. The molecule has 0 unspecified atom stereocenters. The van der Waals surface area contributed by atoms with Crippen LogP contribution in [0.5, 0.6) is 5.75 Å². The predicted octanol–water partition coefficient (Wildman–Crippen LogP) is 2.81. The molecule has 7 heteroatoms. The van der Waals surface area contributed by atoms with E-state index in [4.69, 9.17) is 4.74 Å². The molecule has 0 amide bonds. The number of rotatable bonds is 5. The highest BCUT2D eigenvalue weighted by atomic mass is 127. The normalized spacial score (nSPS) is 20.9. The first kappa shape index (κ1) is 21.0. The highest BCUT2D eigenvalue weighted by Crippen LogP contribution is 2.19. The first-order chi connectivity index (χ1) is 11.1. The Balaban J connectivity index is 0.00000288. The molecule has 24 heavy (non-hydrogen) atoms. The molecule has 0 radical (unpaired) electrons. The Morgan fingerprint density at radius 1 is 1.33 bits per heavy atom. The number of aliphatic hydroxyl groups excluding tert-OH is 1. The van der Waals surface area contributed by atoms with E-state index in [1.54, 1.807) is 6.07 Å². The second kappa shape index (κ2) is 10.7. The standard InChI is InChI=1S/C17H26FN3O2.HI/c1-3-19-17(21-13-5-7-14(22)8-6-13)20-11-12-4-9-16(23-2)15(18)10-12;/h4,9-10,13-14,22H,3,5-8,11H2,1-2H3,(H2,19,20,21);1H. The van der Waals surface area contributed by atoms with Gasteiger partial charge in [-0.25, -0.2) is 9.38 Å². The summed E-state index contributed by atoms with van der Waals surface area (Å²) in [5.41, 5.74) is 0.791. The monoisotopic (exact) mass is 451 g/mol. The second-order valence-electron chi connectivity index (χ2n) is 5.81. The van der Waals surface area contributed by atoms with E-state index in [2.05, 4.69) is 15.6 Å². The fraction of sp³-hybridized carbons (Fsp3) is 0.588. The smallest absolute Gasteiger partial charge is 0.191 e. The maximum Gasteiger partial charge on any atom is 0.191 e. The molecule has 1 aromatic rings. The molecule has 0 saturated heterocycles. The Morgan fingerprint density at radius 3 is 2.62 bits per heavy atom. The van der Waals surface area contributed by atoms with Gasteiger partial charge in [-0.1, -0.05) is 6.07 Å². The number of aliphatic imine (C=N–C) groups is 1. The van der Waals surface area contributed by atoms with Crippen LogP contribution in [0, 0.1) is 5.82 Å². The number of methoxy groups -OCH3 is 1. The molecule has 0 spiro atoms. The number of hydrogen-bond acceptors (Lipinski definition) is 3. The molecule has 136 valence electrons. The van der Waals surface area contributed by atoms with E-state index in [0.29, 0.717) is 12.6 Å². The lowest BCUT2D eigenvalue weighted by Gasteiger charge is -2.27. The zero-order chi connectivity index (χ0) is 16.7. The number of nitrogens with one attached hydrogen (secondary N) is 2. The van der Waals surface area contributed by atoms with Gasteiger partial charge in [-0.05, 0) is 50.3 Å². The van der Waals surface area contributed by atoms with Gasteiger partial charge in [0.05, 0.1) is 19.8 Å². The van der Waals surface area contributed by atoms with Crippen LogP contribution in [0.1, 0.15) is 38.2 Å². The van der Waals surface area contributed by atoms with E-state index < -0.39 is 0 Å². The van der Waals surface area contributed by atoms with Crippen LogP contribution in [0.4, 0.5) is 4.39 Å². The number of benzene rings is 1. The molecule has 1 fully saturated rings. The van der Waals surface area contributed by atoms with Crippen LogP contribution < -0.4 is 15.4 Å². The van der Waals surface area contributed by atoms with Crippen molar-refractivity contribution in [1.82, 2.24) is 10.6 Å². The van der Waals surface area contributed by atoms with E-state index in [-0.39, 0.29) is 41.6 Å². The summed E-state index contributed by atoms with van der Waals surface area (Å²) in [6, 6.07) is 5.20. The summed E-state index contributed by atoms with van der Waals surface area (Å²) in [5.74, 6) is 0.591. The Hall–Kier alpha value is -1.09. The number of nitrogens with zero attached hydrogens (tertiary/aromatic N) is 1. The van der Waals surface area contributed by atoms with Gasteiger partial charge in [0.1, 0.15) is 0 Å². The topological polar surface area (TPSA) is 65.9 Å². The van der Waals surface area contributed by atoms with Crippen molar-refractivity contribution in [2.75, 3.05) is 13.7 Å². The lowest BCUT2D eigenvalue weighted by Crippen LogP contribution is -2.45. The first-order valence-electron chi connectivity index (χ1n) is 8.17. The quantitative estimate of drug-likeness (QED) is 0.366. The Labute approximate surface area is 160 Å². The van der Waals surface area contributed by atoms with E-state index in [1.165, 1.54) is 13.2 Å². The highest BCUT2D eigenvalue weighted by Gasteiger charge is 2.19. The number of guanidine groups is 1. The van der Waals surface area contributed by atoms with Crippen molar-refractivity contribution in [2.45, 2.75) is 51.3 Å². The Kier molecular flexibility index (Phi) is 9.35.